The molecular formula is C16H20N2O3. The van der Waals surface area contributed by atoms with E-state index in [1.807, 2.05) is 17.0 Å². The van der Waals surface area contributed by atoms with Crippen LogP contribution in [0, 0.1) is 5.92 Å². The van der Waals surface area contributed by atoms with E-state index in [9.17, 15) is 9.59 Å². The number of rotatable bonds is 2. The van der Waals surface area contributed by atoms with Crippen LogP contribution in [0.1, 0.15) is 26.2 Å². The highest BCUT2D eigenvalue weighted by molar-refractivity contribution is 5.99. The Morgan fingerprint density at radius 1 is 1.33 bits per heavy atom. The summed E-state index contributed by atoms with van der Waals surface area (Å²) in [6.45, 7) is 3.77. The minimum atomic E-state index is -0.730. The van der Waals surface area contributed by atoms with E-state index in [-0.39, 0.29) is 18.2 Å². The van der Waals surface area contributed by atoms with Crippen LogP contribution in [0.5, 0.6) is 5.75 Å². The molecule has 0 radical (unpaired) electrons. The van der Waals surface area contributed by atoms with Gasteiger partial charge in [-0.15, -0.1) is 0 Å². The van der Waals surface area contributed by atoms with Crippen LogP contribution in [0.4, 0.5) is 5.69 Å². The van der Waals surface area contributed by atoms with Crippen molar-refractivity contribution in [2.24, 2.45) is 5.92 Å². The number of benzene rings is 1. The number of hydrogen-bond donors (Lipinski definition) is 1. The maximum absolute atomic E-state index is 12.3. The molecule has 2 heterocycles. The lowest BCUT2D eigenvalue weighted by molar-refractivity contribution is -0.138. The third kappa shape index (κ3) is 3.01. The quantitative estimate of drug-likeness (QED) is 0.906. The van der Waals surface area contributed by atoms with E-state index in [1.54, 1.807) is 12.1 Å². The fraction of sp³-hybridized carbons (Fsp3) is 0.500. The molecule has 21 heavy (non-hydrogen) atoms. The van der Waals surface area contributed by atoms with E-state index in [4.69, 9.17) is 4.74 Å². The number of carbonyl (C=O) groups is 2. The fourth-order valence-electron chi connectivity index (χ4n) is 2.77. The van der Waals surface area contributed by atoms with Crippen LogP contribution in [-0.4, -0.2) is 35.9 Å². The Balaban J connectivity index is 1.63. The number of piperidine rings is 1. The summed E-state index contributed by atoms with van der Waals surface area (Å²) in [7, 11) is 0. The van der Waals surface area contributed by atoms with Crippen LogP contribution in [0.3, 0.4) is 0 Å². The predicted octanol–water partition coefficient (Wildman–Crippen LogP) is 2.03. The number of carbonyl (C=O) groups excluding carboxylic acids is 2. The number of nitrogens with zero attached hydrogens (tertiary/aromatic N) is 1. The second kappa shape index (κ2) is 5.76. The van der Waals surface area contributed by atoms with Crippen LogP contribution in [0.2, 0.25) is 0 Å². The topological polar surface area (TPSA) is 58.6 Å². The molecule has 1 fully saturated rings. The molecule has 1 aromatic rings. The second-order valence-corrected chi connectivity index (χ2v) is 5.86. The summed E-state index contributed by atoms with van der Waals surface area (Å²) in [6, 6.07) is 7.27. The number of para-hydroxylation sites is 2. The molecule has 3 rings (SSSR count). The zero-order chi connectivity index (χ0) is 14.8. The number of nitrogens with one attached hydrogen (secondary N) is 1. The zero-order valence-electron chi connectivity index (χ0n) is 12.2. The Kier molecular flexibility index (Phi) is 3.82. The Bertz CT molecular complexity index is 550. The number of fused-ring (bicyclic) bond motifs is 1. The van der Waals surface area contributed by atoms with Crippen molar-refractivity contribution in [1.82, 2.24) is 4.90 Å². The number of amides is 2. The van der Waals surface area contributed by atoms with E-state index in [2.05, 4.69) is 12.2 Å². The molecule has 0 spiro atoms. The Morgan fingerprint density at radius 3 is 2.81 bits per heavy atom. The van der Waals surface area contributed by atoms with Gasteiger partial charge in [-0.2, -0.15) is 0 Å². The second-order valence-electron chi connectivity index (χ2n) is 5.86. The van der Waals surface area contributed by atoms with Crippen molar-refractivity contribution in [2.75, 3.05) is 18.4 Å². The SMILES string of the molecule is CC1CCN(C(=O)CC2Oc3ccccc3NC2=O)CC1. The highest BCUT2D eigenvalue weighted by atomic mass is 16.5. The van der Waals surface area contributed by atoms with Gasteiger partial charge in [0.15, 0.2) is 6.10 Å². The molecule has 0 aromatic heterocycles. The van der Waals surface area contributed by atoms with Crippen LogP contribution in [0.15, 0.2) is 24.3 Å². The lowest BCUT2D eigenvalue weighted by Gasteiger charge is -2.32. The predicted molar refractivity (Wildman–Crippen MR) is 79.1 cm³/mol. The number of hydrogen-bond acceptors (Lipinski definition) is 3. The van der Waals surface area contributed by atoms with Gasteiger partial charge in [-0.05, 0) is 30.9 Å². The van der Waals surface area contributed by atoms with Gasteiger partial charge in [-0.3, -0.25) is 9.59 Å². The molecule has 2 aliphatic heterocycles. The first-order valence-corrected chi connectivity index (χ1v) is 7.48. The summed E-state index contributed by atoms with van der Waals surface area (Å²) in [4.78, 5) is 26.2. The first-order chi connectivity index (χ1) is 10.1. The Morgan fingerprint density at radius 2 is 2.05 bits per heavy atom. The molecule has 1 aromatic carbocycles. The smallest absolute Gasteiger partial charge is 0.266 e. The van der Waals surface area contributed by atoms with Crippen molar-refractivity contribution >= 4 is 17.5 Å². The van der Waals surface area contributed by atoms with Gasteiger partial charge in [-0.25, -0.2) is 0 Å². The Hall–Kier alpha value is -2.04. The maximum Gasteiger partial charge on any atom is 0.266 e. The molecule has 1 saturated heterocycles. The van der Waals surface area contributed by atoms with Gasteiger partial charge in [0, 0.05) is 13.1 Å². The van der Waals surface area contributed by atoms with Crippen LogP contribution in [0.25, 0.3) is 0 Å². The molecule has 0 bridgehead atoms. The highest BCUT2D eigenvalue weighted by Crippen LogP contribution is 2.30. The summed E-state index contributed by atoms with van der Waals surface area (Å²) in [5, 5.41) is 2.79. The molecule has 112 valence electrons. The lowest BCUT2D eigenvalue weighted by Crippen LogP contribution is -2.44. The van der Waals surface area contributed by atoms with Crippen LogP contribution in [-0.2, 0) is 9.59 Å². The molecule has 1 atom stereocenters. The highest BCUT2D eigenvalue weighted by Gasteiger charge is 2.31. The maximum atomic E-state index is 12.3. The minimum absolute atomic E-state index is 0.00133. The standard InChI is InChI=1S/C16H20N2O3/c1-11-6-8-18(9-7-11)15(19)10-14-16(20)17-12-4-2-3-5-13(12)21-14/h2-5,11,14H,6-10H2,1H3,(H,17,20). The molecule has 2 amide bonds. The summed E-state index contributed by atoms with van der Waals surface area (Å²) < 4.78 is 5.67. The summed E-state index contributed by atoms with van der Waals surface area (Å²) in [6.07, 6.45) is 1.44. The van der Waals surface area contributed by atoms with Crippen molar-refractivity contribution in [3.63, 3.8) is 0 Å². The fourth-order valence-corrected chi connectivity index (χ4v) is 2.77. The first kappa shape index (κ1) is 13.9. The van der Waals surface area contributed by atoms with Gasteiger partial charge in [0.05, 0.1) is 12.1 Å². The van der Waals surface area contributed by atoms with Gasteiger partial charge < -0.3 is 15.0 Å². The third-order valence-corrected chi connectivity index (χ3v) is 4.20. The van der Waals surface area contributed by atoms with Crippen molar-refractivity contribution in [2.45, 2.75) is 32.3 Å². The summed E-state index contributed by atoms with van der Waals surface area (Å²) >= 11 is 0. The largest absolute Gasteiger partial charge is 0.478 e. The molecule has 1 unspecified atom stereocenters. The van der Waals surface area contributed by atoms with Gasteiger partial charge in [0.2, 0.25) is 5.91 Å². The molecule has 0 aliphatic carbocycles. The molecule has 5 heteroatoms. The molecule has 1 N–H and O–H groups in total. The molecule has 0 saturated carbocycles. The number of ether oxygens (including phenoxy) is 1. The Labute approximate surface area is 124 Å². The number of likely N-dealkylation sites (tertiary alicyclic amines) is 1. The molecule has 5 nitrogen and oxygen atoms in total. The van der Waals surface area contributed by atoms with Crippen molar-refractivity contribution in [3.8, 4) is 5.75 Å². The molecule has 2 aliphatic rings. The van der Waals surface area contributed by atoms with Gasteiger partial charge in [-0.1, -0.05) is 19.1 Å². The average molecular weight is 288 g/mol. The summed E-state index contributed by atoms with van der Waals surface area (Å²) in [5.41, 5.74) is 0.665. The van der Waals surface area contributed by atoms with E-state index in [1.165, 1.54) is 0 Å². The third-order valence-electron chi connectivity index (χ3n) is 4.20. The van der Waals surface area contributed by atoms with E-state index in [0.717, 1.165) is 25.9 Å². The van der Waals surface area contributed by atoms with Crippen molar-refractivity contribution in [3.05, 3.63) is 24.3 Å². The van der Waals surface area contributed by atoms with Crippen molar-refractivity contribution < 1.29 is 14.3 Å². The molecular weight excluding hydrogens is 268 g/mol. The number of anilines is 1. The minimum Gasteiger partial charge on any atom is -0.478 e. The summed E-state index contributed by atoms with van der Waals surface area (Å²) in [5.74, 6) is 1.06. The first-order valence-electron chi connectivity index (χ1n) is 7.48. The van der Waals surface area contributed by atoms with Gasteiger partial charge in [0.25, 0.3) is 5.91 Å². The normalized spacial score (nSPS) is 22.2. The van der Waals surface area contributed by atoms with Crippen LogP contribution >= 0.6 is 0 Å². The van der Waals surface area contributed by atoms with Crippen molar-refractivity contribution in [1.29, 1.82) is 0 Å². The monoisotopic (exact) mass is 288 g/mol. The van der Waals surface area contributed by atoms with E-state index >= 15 is 0 Å². The average Bonchev–Trinajstić information content (AvgIpc) is 2.48. The lowest BCUT2D eigenvalue weighted by atomic mass is 9.99. The van der Waals surface area contributed by atoms with Gasteiger partial charge in [0.1, 0.15) is 5.75 Å². The van der Waals surface area contributed by atoms with Crippen LogP contribution < -0.4 is 10.1 Å². The van der Waals surface area contributed by atoms with E-state index in [0.29, 0.717) is 17.4 Å². The van der Waals surface area contributed by atoms with Gasteiger partial charge >= 0.3 is 0 Å². The van der Waals surface area contributed by atoms with E-state index < -0.39 is 6.10 Å². The zero-order valence-corrected chi connectivity index (χ0v) is 12.2.